The molecule has 0 saturated heterocycles. The van der Waals surface area contributed by atoms with E-state index in [-0.39, 0.29) is 76.7 Å². The Morgan fingerprint density at radius 1 is 1.40 bits per heavy atom. The van der Waals surface area contributed by atoms with Crippen LogP contribution in [0.5, 0.6) is 5.75 Å². The number of hydrogen-bond donors (Lipinski definition) is 1. The first-order valence-corrected chi connectivity index (χ1v) is 5.60. The van der Waals surface area contributed by atoms with Crippen molar-refractivity contribution in [1.82, 2.24) is 4.98 Å². The molecule has 0 unspecified atom stereocenters. The monoisotopic (exact) mass is 339 g/mol. The number of aromatic nitrogens is 1. The van der Waals surface area contributed by atoms with E-state index in [1.165, 1.54) is 6.92 Å². The number of hydrogen-bond acceptors (Lipinski definition) is 7. The van der Waals surface area contributed by atoms with E-state index >= 15 is 0 Å². The van der Waals surface area contributed by atoms with Gasteiger partial charge in [0.05, 0.1) is 25.7 Å². The SMILES string of the molecule is Cc1ncc(COP(=O)([O-])[O-])c(C=O)c1O.O.O.O.[Ca+2]. The van der Waals surface area contributed by atoms with Crippen molar-refractivity contribution in [3.63, 3.8) is 0 Å². The summed E-state index contributed by atoms with van der Waals surface area (Å²) < 4.78 is 14.2. The Kier molecular flexibility index (Phi) is 16.2. The van der Waals surface area contributed by atoms with Crippen LogP contribution in [0.15, 0.2) is 6.20 Å². The van der Waals surface area contributed by atoms with Crippen molar-refractivity contribution < 1.29 is 45.2 Å². The van der Waals surface area contributed by atoms with Crippen molar-refractivity contribution in [2.45, 2.75) is 13.5 Å². The maximum absolute atomic E-state index is 10.7. The van der Waals surface area contributed by atoms with Crippen LogP contribution in [0.4, 0.5) is 0 Å². The Morgan fingerprint density at radius 2 is 1.90 bits per heavy atom. The van der Waals surface area contributed by atoms with Gasteiger partial charge in [-0.1, -0.05) is 0 Å². The van der Waals surface area contributed by atoms with Crippen molar-refractivity contribution in [2.75, 3.05) is 0 Å². The van der Waals surface area contributed by atoms with Crippen LogP contribution >= 0.6 is 7.82 Å². The van der Waals surface area contributed by atoms with Crippen molar-refractivity contribution >= 4 is 51.8 Å². The van der Waals surface area contributed by atoms with Crippen LogP contribution in [-0.2, 0) is 15.7 Å². The summed E-state index contributed by atoms with van der Waals surface area (Å²) >= 11 is 0. The van der Waals surface area contributed by atoms with Crippen LogP contribution in [0.1, 0.15) is 21.6 Å². The molecule has 0 amide bonds. The summed E-state index contributed by atoms with van der Waals surface area (Å²) in [5, 5.41) is 9.43. The second kappa shape index (κ2) is 11.5. The van der Waals surface area contributed by atoms with E-state index < -0.39 is 14.4 Å². The van der Waals surface area contributed by atoms with Crippen molar-refractivity contribution in [1.29, 1.82) is 0 Å². The van der Waals surface area contributed by atoms with Gasteiger partial charge >= 0.3 is 37.7 Å². The number of nitrogens with zero attached hydrogens (tertiary/aromatic N) is 1. The number of phosphoric ester groups is 1. The van der Waals surface area contributed by atoms with Gasteiger partial charge in [-0.25, -0.2) is 0 Å². The Hall–Kier alpha value is -0.130. The molecular weight excluding hydrogens is 325 g/mol. The molecule has 1 rings (SSSR count). The Morgan fingerprint density at radius 3 is 2.30 bits per heavy atom. The van der Waals surface area contributed by atoms with Crippen LogP contribution in [0.25, 0.3) is 0 Å². The van der Waals surface area contributed by atoms with Gasteiger partial charge in [-0.15, -0.1) is 0 Å². The number of carbonyl (C=O) groups is 1. The summed E-state index contributed by atoms with van der Waals surface area (Å²) in [7, 11) is -5.11. The molecule has 1 aromatic rings. The zero-order valence-corrected chi connectivity index (χ0v) is 13.6. The van der Waals surface area contributed by atoms with E-state index in [2.05, 4.69) is 9.51 Å². The third-order valence-corrected chi connectivity index (χ3v) is 2.30. The van der Waals surface area contributed by atoms with Gasteiger partial charge in [0, 0.05) is 11.8 Å². The molecule has 7 N–H and O–H groups in total. The molecule has 0 saturated carbocycles. The average Bonchev–Trinajstić information content (AvgIpc) is 2.18. The van der Waals surface area contributed by atoms with E-state index in [4.69, 9.17) is 0 Å². The first-order valence-electron chi connectivity index (χ1n) is 4.14. The smallest absolute Gasteiger partial charge is 0.790 e. The van der Waals surface area contributed by atoms with Gasteiger partial charge in [0.1, 0.15) is 5.75 Å². The second-order valence-corrected chi connectivity index (χ2v) is 4.12. The standard InChI is InChI=1S/C8H10NO6P.Ca.3H2O/c1-5-8(11)7(3-10)6(2-9-5)4-15-16(12,13)14;;;;/h2-3,11H,4H2,1H3,(H2,12,13,14);;3*1H2/q;+2;;;/p-2. The van der Waals surface area contributed by atoms with E-state index in [1.54, 1.807) is 0 Å². The summed E-state index contributed by atoms with van der Waals surface area (Å²) in [6.45, 7) is 0.845. The van der Waals surface area contributed by atoms with Gasteiger partial charge < -0.3 is 40.4 Å². The van der Waals surface area contributed by atoms with Gasteiger partial charge in [-0.2, -0.15) is 0 Å². The van der Waals surface area contributed by atoms with Gasteiger partial charge in [0.2, 0.25) is 0 Å². The predicted molar refractivity (Wildman–Crippen MR) is 65.0 cm³/mol. The number of rotatable bonds is 4. The minimum Gasteiger partial charge on any atom is -0.790 e. The summed E-state index contributed by atoms with van der Waals surface area (Å²) in [5.41, 5.74) is 0.115. The Labute approximate surface area is 144 Å². The molecule has 0 radical (unpaired) electrons. The van der Waals surface area contributed by atoms with Crippen molar-refractivity contribution in [3.8, 4) is 5.75 Å². The first-order chi connectivity index (χ1) is 7.35. The van der Waals surface area contributed by atoms with Crippen LogP contribution in [0, 0.1) is 6.92 Å². The molecule has 0 aliphatic rings. The topological polar surface area (TPSA) is 217 Å². The van der Waals surface area contributed by atoms with Crippen LogP contribution < -0.4 is 9.79 Å². The molecule has 112 valence electrons. The molecule has 0 aliphatic heterocycles. The molecule has 0 aliphatic carbocycles. The summed E-state index contributed by atoms with van der Waals surface area (Å²) in [5.74, 6) is -0.359. The molecule has 0 aromatic carbocycles. The molecule has 1 aromatic heterocycles. The van der Waals surface area contributed by atoms with E-state index in [1.807, 2.05) is 0 Å². The Balaban J connectivity index is -0.000000320. The fraction of sp³-hybridized carbons (Fsp3) is 0.250. The van der Waals surface area contributed by atoms with Crippen molar-refractivity contribution in [3.05, 3.63) is 23.0 Å². The van der Waals surface area contributed by atoms with Crippen LogP contribution in [0.3, 0.4) is 0 Å². The minimum absolute atomic E-state index is 0. The summed E-state index contributed by atoms with van der Waals surface area (Å²) in [4.78, 5) is 34.8. The molecule has 0 fully saturated rings. The molecule has 0 bridgehead atoms. The number of aromatic hydroxyl groups is 1. The number of aldehydes is 1. The quantitative estimate of drug-likeness (QED) is 0.329. The van der Waals surface area contributed by atoms with E-state index in [9.17, 15) is 24.3 Å². The van der Waals surface area contributed by atoms with Gasteiger partial charge in [-0.3, -0.25) is 9.78 Å². The van der Waals surface area contributed by atoms with E-state index in [0.717, 1.165) is 6.20 Å². The first kappa shape index (κ1) is 28.1. The maximum atomic E-state index is 10.7. The zero-order chi connectivity index (χ0) is 12.3. The average molecular weight is 339 g/mol. The normalized spacial score (nSPS) is 9.15. The molecule has 0 spiro atoms. The third kappa shape index (κ3) is 8.22. The number of pyridine rings is 1. The molecule has 12 heteroatoms. The molecule has 0 atom stereocenters. The summed E-state index contributed by atoms with van der Waals surface area (Å²) in [6.07, 6.45) is 1.50. The predicted octanol–water partition coefficient (Wildman–Crippen LogP) is -3.60. The molecular formula is C8H14CaNO9P. The molecule has 10 nitrogen and oxygen atoms in total. The third-order valence-electron chi connectivity index (χ3n) is 1.85. The summed E-state index contributed by atoms with van der Waals surface area (Å²) in [6, 6.07) is 0. The fourth-order valence-corrected chi connectivity index (χ4v) is 1.34. The van der Waals surface area contributed by atoms with Crippen LogP contribution in [0.2, 0.25) is 0 Å². The van der Waals surface area contributed by atoms with Gasteiger partial charge in [-0.05, 0) is 6.92 Å². The van der Waals surface area contributed by atoms with Crippen molar-refractivity contribution in [2.24, 2.45) is 0 Å². The largest absolute Gasteiger partial charge is 2.00 e. The van der Waals surface area contributed by atoms with E-state index in [0.29, 0.717) is 6.29 Å². The van der Waals surface area contributed by atoms with Gasteiger partial charge in [0.25, 0.3) is 0 Å². The van der Waals surface area contributed by atoms with Gasteiger partial charge in [0.15, 0.2) is 6.29 Å². The number of aryl methyl sites for hydroxylation is 1. The number of carbonyl (C=O) groups excluding carboxylic acids is 1. The second-order valence-electron chi connectivity index (χ2n) is 2.97. The Bertz CT molecular complexity index is 464. The van der Waals surface area contributed by atoms with Crippen LogP contribution in [-0.4, -0.2) is 70.5 Å². The molecule has 20 heavy (non-hydrogen) atoms. The zero-order valence-electron chi connectivity index (χ0n) is 10.5. The number of phosphoric acid groups is 1. The fourth-order valence-electron chi connectivity index (χ4n) is 1.05. The molecule has 1 heterocycles. The minimum atomic E-state index is -5.11. The maximum Gasteiger partial charge on any atom is 2.00 e.